The molecule has 8 nitrogen and oxygen atoms in total. The molecule has 34 heavy (non-hydrogen) atoms. The molecule has 4 rings (SSSR count). The van der Waals surface area contributed by atoms with Crippen molar-refractivity contribution in [3.05, 3.63) is 76.8 Å². The number of halogens is 1. The third kappa shape index (κ3) is 5.70. The largest absolute Gasteiger partial charge is 0.350 e. The van der Waals surface area contributed by atoms with Crippen LogP contribution in [0.2, 0.25) is 0 Å². The molecule has 0 saturated carbocycles. The van der Waals surface area contributed by atoms with E-state index in [1.54, 1.807) is 6.20 Å². The third-order valence-electron chi connectivity index (χ3n) is 5.06. The highest BCUT2D eigenvalue weighted by Gasteiger charge is 2.17. The summed E-state index contributed by atoms with van der Waals surface area (Å²) in [5, 5.41) is 10.6. The van der Waals surface area contributed by atoms with Gasteiger partial charge < -0.3 is 16.0 Å². The summed E-state index contributed by atoms with van der Waals surface area (Å²) in [6.45, 7) is 3.72. The zero-order chi connectivity index (χ0) is 24.1. The van der Waals surface area contributed by atoms with Gasteiger partial charge in [-0.15, -0.1) is 11.3 Å². The van der Waals surface area contributed by atoms with Crippen molar-refractivity contribution in [3.63, 3.8) is 0 Å². The van der Waals surface area contributed by atoms with Gasteiger partial charge >= 0.3 is 0 Å². The Bertz CT molecular complexity index is 1320. The Hall–Kier alpha value is -3.92. The second-order valence-electron chi connectivity index (χ2n) is 7.72. The number of hydrogen-bond donors (Lipinski definition) is 3. The third-order valence-corrected chi connectivity index (χ3v) is 5.97. The molecule has 174 valence electrons. The Labute approximate surface area is 199 Å². The SMILES string of the molecule is CC(=O)Nc1ccc(CCNC(=O)c2nc(N[C@@H](C)c3cncc(F)c3)nc3ccsc23)cc1. The standard InChI is InChI=1S/C24H23FN6O2S/c1-14(17-11-18(25)13-26-12-17)28-24-30-20-8-10-34-22(20)21(31-24)23(33)27-9-7-16-3-5-19(6-4-16)29-15(2)32/h3-6,8,10-14H,7,9H2,1-2H3,(H,27,33)(H,29,32)(H,28,30,31)/t14-/m0/s1. The van der Waals surface area contributed by atoms with Gasteiger partial charge in [-0.1, -0.05) is 12.1 Å². The van der Waals surface area contributed by atoms with Crippen molar-refractivity contribution in [2.45, 2.75) is 26.3 Å². The molecule has 1 atom stereocenters. The maximum atomic E-state index is 13.5. The number of rotatable bonds is 8. The number of nitrogens with one attached hydrogen (secondary N) is 3. The minimum absolute atomic E-state index is 0.124. The van der Waals surface area contributed by atoms with Crippen molar-refractivity contribution < 1.29 is 14.0 Å². The number of hydrogen-bond acceptors (Lipinski definition) is 7. The first-order valence-corrected chi connectivity index (χ1v) is 11.5. The number of anilines is 2. The molecule has 3 heterocycles. The van der Waals surface area contributed by atoms with Gasteiger partial charge in [0.25, 0.3) is 5.91 Å². The molecule has 0 radical (unpaired) electrons. The number of carbonyl (C=O) groups excluding carboxylic acids is 2. The monoisotopic (exact) mass is 478 g/mol. The quantitative estimate of drug-likeness (QED) is 0.348. The molecular formula is C24H23FN6O2S. The van der Waals surface area contributed by atoms with Crippen LogP contribution in [0.15, 0.2) is 54.2 Å². The molecule has 0 fully saturated rings. The van der Waals surface area contributed by atoms with E-state index in [1.807, 2.05) is 42.6 Å². The van der Waals surface area contributed by atoms with Crippen LogP contribution in [0.1, 0.15) is 41.5 Å². The van der Waals surface area contributed by atoms with Gasteiger partial charge in [0.2, 0.25) is 11.9 Å². The highest BCUT2D eigenvalue weighted by molar-refractivity contribution is 7.17. The minimum atomic E-state index is -0.426. The van der Waals surface area contributed by atoms with Gasteiger partial charge in [-0.3, -0.25) is 14.6 Å². The van der Waals surface area contributed by atoms with E-state index in [4.69, 9.17) is 0 Å². The van der Waals surface area contributed by atoms with Crippen LogP contribution in [-0.2, 0) is 11.2 Å². The predicted octanol–water partition coefficient (Wildman–Crippen LogP) is 4.33. The van der Waals surface area contributed by atoms with Crippen LogP contribution in [0.4, 0.5) is 16.0 Å². The van der Waals surface area contributed by atoms with E-state index in [2.05, 4.69) is 30.9 Å². The Morgan fingerprint density at radius 2 is 1.91 bits per heavy atom. The zero-order valence-electron chi connectivity index (χ0n) is 18.6. The molecule has 4 aromatic rings. The van der Waals surface area contributed by atoms with Gasteiger partial charge in [-0.25, -0.2) is 14.4 Å². The summed E-state index contributed by atoms with van der Waals surface area (Å²) >= 11 is 1.40. The van der Waals surface area contributed by atoms with Crippen molar-refractivity contribution in [2.75, 3.05) is 17.2 Å². The van der Waals surface area contributed by atoms with Crippen LogP contribution in [0.25, 0.3) is 10.2 Å². The molecule has 0 spiro atoms. The van der Waals surface area contributed by atoms with Crippen molar-refractivity contribution in [1.29, 1.82) is 0 Å². The minimum Gasteiger partial charge on any atom is -0.350 e. The van der Waals surface area contributed by atoms with E-state index in [-0.39, 0.29) is 29.5 Å². The van der Waals surface area contributed by atoms with Gasteiger partial charge in [-0.05, 0) is 54.1 Å². The summed E-state index contributed by atoms with van der Waals surface area (Å²) in [4.78, 5) is 36.9. The van der Waals surface area contributed by atoms with Crippen LogP contribution in [0, 0.1) is 5.82 Å². The fourth-order valence-electron chi connectivity index (χ4n) is 3.39. The van der Waals surface area contributed by atoms with Crippen LogP contribution in [0.5, 0.6) is 0 Å². The first kappa shape index (κ1) is 23.2. The lowest BCUT2D eigenvalue weighted by Crippen LogP contribution is -2.27. The van der Waals surface area contributed by atoms with Crippen LogP contribution in [0.3, 0.4) is 0 Å². The van der Waals surface area contributed by atoms with Gasteiger partial charge in [0.1, 0.15) is 5.82 Å². The summed E-state index contributed by atoms with van der Waals surface area (Å²) in [7, 11) is 0. The molecule has 0 saturated heterocycles. The van der Waals surface area contributed by atoms with E-state index in [9.17, 15) is 14.0 Å². The summed E-state index contributed by atoms with van der Waals surface area (Å²) in [5.41, 5.74) is 3.34. The Kier molecular flexibility index (Phi) is 7.07. The van der Waals surface area contributed by atoms with E-state index in [1.165, 1.54) is 24.3 Å². The first-order chi connectivity index (χ1) is 16.4. The Morgan fingerprint density at radius 1 is 1.12 bits per heavy atom. The molecule has 0 unspecified atom stereocenters. The topological polar surface area (TPSA) is 109 Å². The number of nitrogens with zero attached hydrogens (tertiary/aromatic N) is 3. The van der Waals surface area contributed by atoms with Gasteiger partial charge in [0.05, 0.1) is 22.5 Å². The van der Waals surface area contributed by atoms with E-state index in [0.29, 0.717) is 28.7 Å². The van der Waals surface area contributed by atoms with E-state index < -0.39 is 5.82 Å². The number of fused-ring (bicyclic) bond motifs is 1. The lowest BCUT2D eigenvalue weighted by atomic mass is 10.1. The van der Waals surface area contributed by atoms with Gasteiger partial charge in [0, 0.05) is 25.4 Å². The van der Waals surface area contributed by atoms with E-state index >= 15 is 0 Å². The van der Waals surface area contributed by atoms with Crippen molar-refractivity contribution in [3.8, 4) is 0 Å². The molecule has 1 aromatic carbocycles. The zero-order valence-corrected chi connectivity index (χ0v) is 19.4. The molecule has 0 aliphatic rings. The number of benzene rings is 1. The molecule has 3 aromatic heterocycles. The second kappa shape index (κ2) is 10.3. The van der Waals surface area contributed by atoms with Gasteiger partial charge in [0.15, 0.2) is 5.69 Å². The fraction of sp³-hybridized carbons (Fsp3) is 0.208. The van der Waals surface area contributed by atoms with E-state index in [0.717, 1.165) is 17.4 Å². The number of amides is 2. The van der Waals surface area contributed by atoms with Crippen LogP contribution < -0.4 is 16.0 Å². The average molecular weight is 479 g/mol. The predicted molar refractivity (Wildman–Crippen MR) is 130 cm³/mol. The number of aromatic nitrogens is 3. The normalized spacial score (nSPS) is 11.7. The number of carbonyl (C=O) groups is 2. The van der Waals surface area contributed by atoms with Crippen molar-refractivity contribution >= 4 is 45.0 Å². The molecular weight excluding hydrogens is 455 g/mol. The lowest BCUT2D eigenvalue weighted by molar-refractivity contribution is -0.114. The summed E-state index contributed by atoms with van der Waals surface area (Å²) < 4.78 is 14.2. The lowest BCUT2D eigenvalue weighted by Gasteiger charge is -2.15. The van der Waals surface area contributed by atoms with Crippen LogP contribution in [-0.4, -0.2) is 33.3 Å². The first-order valence-electron chi connectivity index (χ1n) is 10.7. The number of thiophene rings is 1. The summed E-state index contributed by atoms with van der Waals surface area (Å²) in [6.07, 6.45) is 3.34. The highest BCUT2D eigenvalue weighted by atomic mass is 32.1. The Morgan fingerprint density at radius 3 is 2.65 bits per heavy atom. The maximum absolute atomic E-state index is 13.5. The fourth-order valence-corrected chi connectivity index (χ4v) is 4.20. The molecule has 10 heteroatoms. The van der Waals surface area contributed by atoms with Crippen molar-refractivity contribution in [1.82, 2.24) is 20.3 Å². The summed E-state index contributed by atoms with van der Waals surface area (Å²) in [5.74, 6) is -0.569. The summed E-state index contributed by atoms with van der Waals surface area (Å²) in [6, 6.07) is 10.4. The smallest absolute Gasteiger partial charge is 0.271 e. The Balaban J connectivity index is 1.43. The number of pyridine rings is 1. The average Bonchev–Trinajstić information content (AvgIpc) is 3.28. The van der Waals surface area contributed by atoms with Crippen LogP contribution >= 0.6 is 11.3 Å². The van der Waals surface area contributed by atoms with Crippen molar-refractivity contribution in [2.24, 2.45) is 0 Å². The maximum Gasteiger partial charge on any atom is 0.271 e. The van der Waals surface area contributed by atoms with Gasteiger partial charge in [-0.2, -0.15) is 0 Å². The highest BCUT2D eigenvalue weighted by Crippen LogP contribution is 2.25. The molecule has 2 amide bonds. The molecule has 0 aliphatic heterocycles. The molecule has 3 N–H and O–H groups in total. The molecule has 0 bridgehead atoms. The molecule has 0 aliphatic carbocycles. The second-order valence-corrected chi connectivity index (χ2v) is 8.63.